The number of aryl methyl sites for hydroxylation is 1. The van der Waals surface area contributed by atoms with Gasteiger partial charge >= 0.3 is 5.97 Å². The van der Waals surface area contributed by atoms with E-state index in [1.807, 2.05) is 11.5 Å². The molecule has 0 saturated heterocycles. The number of anilines is 1. The van der Waals surface area contributed by atoms with Crippen molar-refractivity contribution in [2.24, 2.45) is 0 Å². The van der Waals surface area contributed by atoms with Crippen LogP contribution in [0.2, 0.25) is 0 Å². The normalized spacial score (nSPS) is 10.6. The summed E-state index contributed by atoms with van der Waals surface area (Å²) in [4.78, 5) is 37.3. The van der Waals surface area contributed by atoms with Gasteiger partial charge in [0.15, 0.2) is 18.1 Å². The Labute approximate surface area is 202 Å². The van der Waals surface area contributed by atoms with Gasteiger partial charge in [-0.3, -0.25) is 9.59 Å². The maximum atomic E-state index is 13.2. The average molecular weight is 483 g/mol. The molecule has 3 aromatic rings. The molecular formula is C26H27FN2O6. The molecule has 35 heavy (non-hydrogen) atoms. The molecule has 1 amide bonds. The number of hydrogen-bond acceptors (Lipinski definition) is 6. The summed E-state index contributed by atoms with van der Waals surface area (Å²) in [5.74, 6) is -1.30. The number of amides is 1. The Morgan fingerprint density at radius 2 is 1.57 bits per heavy atom. The SMILES string of the molecule is COc1cc(NC(C)=O)c(C(=O)OCC(=O)c2cc(C)n(Cc3ccc(F)cc3)c2C)cc1OC. The minimum atomic E-state index is -0.803. The van der Waals surface area contributed by atoms with Crippen molar-refractivity contribution >= 4 is 23.3 Å². The number of aromatic nitrogens is 1. The number of hydrogen-bond donors (Lipinski definition) is 1. The molecule has 0 fully saturated rings. The first-order valence-electron chi connectivity index (χ1n) is 10.8. The Hall–Kier alpha value is -4.14. The van der Waals surface area contributed by atoms with Crippen molar-refractivity contribution in [1.82, 2.24) is 4.57 Å². The van der Waals surface area contributed by atoms with E-state index in [0.29, 0.717) is 23.6 Å². The number of nitrogens with one attached hydrogen (secondary N) is 1. The molecule has 1 N–H and O–H groups in total. The largest absolute Gasteiger partial charge is 0.493 e. The van der Waals surface area contributed by atoms with E-state index >= 15 is 0 Å². The molecule has 2 aromatic carbocycles. The number of carbonyl (C=O) groups excluding carboxylic acids is 3. The lowest BCUT2D eigenvalue weighted by molar-refractivity contribution is -0.114. The van der Waals surface area contributed by atoms with Gasteiger partial charge in [0.1, 0.15) is 5.82 Å². The molecule has 9 heteroatoms. The first-order chi connectivity index (χ1) is 16.6. The van der Waals surface area contributed by atoms with E-state index < -0.39 is 18.5 Å². The third kappa shape index (κ3) is 5.87. The van der Waals surface area contributed by atoms with Gasteiger partial charge in [0.05, 0.1) is 25.5 Å². The number of ether oxygens (including phenoxy) is 3. The summed E-state index contributed by atoms with van der Waals surface area (Å²) in [5.41, 5.74) is 3.05. The van der Waals surface area contributed by atoms with Crippen molar-refractivity contribution < 1.29 is 33.0 Å². The molecule has 0 aliphatic rings. The van der Waals surface area contributed by atoms with Crippen molar-refractivity contribution in [3.05, 3.63) is 76.4 Å². The number of nitrogens with zero attached hydrogens (tertiary/aromatic N) is 1. The zero-order valence-corrected chi connectivity index (χ0v) is 20.2. The number of esters is 1. The van der Waals surface area contributed by atoms with Gasteiger partial charge in [-0.1, -0.05) is 12.1 Å². The number of carbonyl (C=O) groups is 3. The highest BCUT2D eigenvalue weighted by atomic mass is 19.1. The van der Waals surface area contributed by atoms with Crippen LogP contribution in [0.3, 0.4) is 0 Å². The number of ketones is 1. The molecule has 1 aromatic heterocycles. The quantitative estimate of drug-likeness (QED) is 0.361. The van der Waals surface area contributed by atoms with Crippen LogP contribution in [0.15, 0.2) is 42.5 Å². The van der Waals surface area contributed by atoms with Crippen molar-refractivity contribution in [3.8, 4) is 11.5 Å². The molecule has 0 saturated carbocycles. The number of rotatable bonds is 9. The first kappa shape index (κ1) is 25.5. The van der Waals surface area contributed by atoms with Crippen molar-refractivity contribution in [3.63, 3.8) is 0 Å². The predicted molar refractivity (Wildman–Crippen MR) is 128 cm³/mol. The first-order valence-corrected chi connectivity index (χ1v) is 10.8. The molecule has 8 nitrogen and oxygen atoms in total. The van der Waals surface area contributed by atoms with E-state index in [1.54, 1.807) is 25.1 Å². The fourth-order valence-corrected chi connectivity index (χ4v) is 3.73. The number of benzene rings is 2. The molecule has 0 aliphatic heterocycles. The Bertz CT molecular complexity index is 1260. The third-order valence-corrected chi connectivity index (χ3v) is 5.52. The molecule has 0 unspecified atom stereocenters. The molecule has 0 bridgehead atoms. The van der Waals surface area contributed by atoms with E-state index in [9.17, 15) is 18.8 Å². The Kier molecular flexibility index (Phi) is 7.91. The Morgan fingerprint density at radius 1 is 0.943 bits per heavy atom. The maximum Gasteiger partial charge on any atom is 0.340 e. The zero-order chi connectivity index (χ0) is 25.7. The fourth-order valence-electron chi connectivity index (χ4n) is 3.73. The van der Waals surface area contributed by atoms with Gasteiger partial charge in [-0.15, -0.1) is 0 Å². The van der Waals surface area contributed by atoms with Gasteiger partial charge in [-0.25, -0.2) is 9.18 Å². The lowest BCUT2D eigenvalue weighted by Gasteiger charge is -2.14. The summed E-state index contributed by atoms with van der Waals surface area (Å²) in [6.45, 7) is 4.94. The van der Waals surface area contributed by atoms with Crippen molar-refractivity contribution in [1.29, 1.82) is 0 Å². The predicted octanol–water partition coefficient (Wildman–Crippen LogP) is 4.31. The van der Waals surface area contributed by atoms with E-state index in [0.717, 1.165) is 11.3 Å². The standard InChI is InChI=1S/C26H27FN2O6/c1-15-10-20(16(2)29(15)13-18-6-8-19(27)9-7-18)23(31)14-35-26(32)21-11-24(33-4)25(34-5)12-22(21)28-17(3)30/h6-12H,13-14H2,1-5H3,(H,28,30). The smallest absolute Gasteiger partial charge is 0.340 e. The highest BCUT2D eigenvalue weighted by Crippen LogP contribution is 2.34. The van der Waals surface area contributed by atoms with Gasteiger partial charge in [-0.2, -0.15) is 0 Å². The second-order valence-corrected chi connectivity index (χ2v) is 7.93. The summed E-state index contributed by atoms with van der Waals surface area (Å²) in [7, 11) is 2.84. The summed E-state index contributed by atoms with van der Waals surface area (Å²) in [6.07, 6.45) is 0. The van der Waals surface area contributed by atoms with Gasteiger partial charge in [0.2, 0.25) is 11.7 Å². The minimum absolute atomic E-state index is 0.0208. The molecule has 0 spiro atoms. The lowest BCUT2D eigenvalue weighted by atomic mass is 10.1. The molecule has 3 rings (SSSR count). The molecular weight excluding hydrogens is 455 g/mol. The Morgan fingerprint density at radius 3 is 2.17 bits per heavy atom. The van der Waals surface area contributed by atoms with Crippen LogP contribution in [-0.4, -0.2) is 43.1 Å². The number of halogens is 1. The van der Waals surface area contributed by atoms with Crippen LogP contribution < -0.4 is 14.8 Å². The van der Waals surface area contributed by atoms with Crippen LogP contribution in [0, 0.1) is 19.7 Å². The third-order valence-electron chi connectivity index (χ3n) is 5.52. The monoisotopic (exact) mass is 482 g/mol. The maximum absolute atomic E-state index is 13.2. The van der Waals surface area contributed by atoms with Gasteiger partial charge in [0, 0.05) is 42.6 Å². The molecule has 0 atom stereocenters. The van der Waals surface area contributed by atoms with Gasteiger partial charge in [-0.05, 0) is 37.6 Å². The van der Waals surface area contributed by atoms with Crippen LogP contribution in [0.1, 0.15) is 44.6 Å². The van der Waals surface area contributed by atoms with Crippen molar-refractivity contribution in [2.75, 3.05) is 26.1 Å². The van der Waals surface area contributed by atoms with E-state index in [4.69, 9.17) is 14.2 Å². The number of methoxy groups -OCH3 is 2. The zero-order valence-electron chi connectivity index (χ0n) is 20.2. The van der Waals surface area contributed by atoms with E-state index in [2.05, 4.69) is 5.32 Å². The molecule has 0 radical (unpaired) electrons. The van der Waals surface area contributed by atoms with Crippen LogP contribution in [0.4, 0.5) is 10.1 Å². The molecule has 0 aliphatic carbocycles. The summed E-state index contributed by atoms with van der Waals surface area (Å²) in [6, 6.07) is 10.7. The second kappa shape index (κ2) is 10.9. The summed E-state index contributed by atoms with van der Waals surface area (Å²) in [5, 5.41) is 2.56. The highest BCUT2D eigenvalue weighted by molar-refractivity contribution is 6.04. The van der Waals surface area contributed by atoms with Crippen LogP contribution in [0.25, 0.3) is 0 Å². The van der Waals surface area contributed by atoms with Crippen LogP contribution in [-0.2, 0) is 16.1 Å². The lowest BCUT2D eigenvalue weighted by Crippen LogP contribution is -2.18. The van der Waals surface area contributed by atoms with Crippen LogP contribution in [0.5, 0.6) is 11.5 Å². The van der Waals surface area contributed by atoms with E-state index in [-0.39, 0.29) is 28.6 Å². The highest BCUT2D eigenvalue weighted by Gasteiger charge is 2.22. The average Bonchev–Trinajstić information content (AvgIpc) is 3.11. The fraction of sp³-hybridized carbons (Fsp3) is 0.269. The topological polar surface area (TPSA) is 95.9 Å². The van der Waals surface area contributed by atoms with Crippen LogP contribution >= 0.6 is 0 Å². The Balaban J connectivity index is 1.78. The molecule has 1 heterocycles. The summed E-state index contributed by atoms with van der Waals surface area (Å²) >= 11 is 0. The minimum Gasteiger partial charge on any atom is -0.493 e. The summed E-state index contributed by atoms with van der Waals surface area (Å²) < 4.78 is 30.9. The van der Waals surface area contributed by atoms with Crippen molar-refractivity contribution in [2.45, 2.75) is 27.3 Å². The second-order valence-electron chi connectivity index (χ2n) is 7.93. The van der Waals surface area contributed by atoms with Gasteiger partial charge < -0.3 is 24.1 Å². The van der Waals surface area contributed by atoms with E-state index in [1.165, 1.54) is 45.4 Å². The molecule has 184 valence electrons. The number of Topliss-reactive ketones (excluding diaryl/α,β-unsaturated/α-hetero) is 1. The van der Waals surface area contributed by atoms with Gasteiger partial charge in [0.25, 0.3) is 0 Å².